The lowest BCUT2D eigenvalue weighted by Crippen LogP contribution is -2.34. The van der Waals surface area contributed by atoms with Gasteiger partial charge in [-0.1, -0.05) is 30.3 Å². The lowest BCUT2D eigenvalue weighted by Gasteiger charge is -2.21. The summed E-state index contributed by atoms with van der Waals surface area (Å²) in [7, 11) is 1.89. The Bertz CT molecular complexity index is 828. The van der Waals surface area contributed by atoms with Crippen LogP contribution in [0.5, 0.6) is 0 Å². The van der Waals surface area contributed by atoms with Crippen LogP contribution in [0.25, 0.3) is 10.6 Å². The standard InChI is InChI=1S/C18H20N4O2S/c1-21-13-19-10-16(21)11-22(7-8-23)17(24)9-15-12-25-18(20-15)14-5-3-2-4-6-14/h2-6,10,12-13,23H,7-9,11H2,1H3. The lowest BCUT2D eigenvalue weighted by molar-refractivity contribution is -0.131. The first-order chi connectivity index (χ1) is 12.2. The normalized spacial score (nSPS) is 10.8. The Morgan fingerprint density at radius 2 is 2.12 bits per heavy atom. The van der Waals surface area contributed by atoms with Crippen molar-refractivity contribution in [3.63, 3.8) is 0 Å². The van der Waals surface area contributed by atoms with Crippen LogP contribution in [0.4, 0.5) is 0 Å². The minimum absolute atomic E-state index is 0.0554. The van der Waals surface area contributed by atoms with Crippen LogP contribution in [-0.2, 0) is 24.8 Å². The van der Waals surface area contributed by atoms with Crippen LogP contribution < -0.4 is 0 Å². The summed E-state index contributed by atoms with van der Waals surface area (Å²) in [5.74, 6) is -0.0554. The number of carbonyl (C=O) groups is 1. The molecule has 0 aliphatic rings. The van der Waals surface area contributed by atoms with Crippen molar-refractivity contribution in [2.24, 2.45) is 7.05 Å². The van der Waals surface area contributed by atoms with Crippen molar-refractivity contribution in [2.45, 2.75) is 13.0 Å². The van der Waals surface area contributed by atoms with Gasteiger partial charge >= 0.3 is 0 Å². The fraction of sp³-hybridized carbons (Fsp3) is 0.278. The number of aliphatic hydroxyl groups excluding tert-OH is 1. The van der Waals surface area contributed by atoms with E-state index in [0.717, 1.165) is 22.0 Å². The minimum Gasteiger partial charge on any atom is -0.395 e. The van der Waals surface area contributed by atoms with Crippen LogP contribution >= 0.6 is 11.3 Å². The van der Waals surface area contributed by atoms with Gasteiger partial charge in [0.2, 0.25) is 5.91 Å². The van der Waals surface area contributed by atoms with Crippen LogP contribution in [0.2, 0.25) is 0 Å². The number of hydrogen-bond acceptors (Lipinski definition) is 5. The van der Waals surface area contributed by atoms with Crippen molar-refractivity contribution in [3.05, 3.63) is 59.6 Å². The van der Waals surface area contributed by atoms with E-state index < -0.39 is 0 Å². The van der Waals surface area contributed by atoms with Crippen molar-refractivity contribution in [1.29, 1.82) is 0 Å². The molecule has 0 saturated carbocycles. The molecule has 0 aliphatic heterocycles. The van der Waals surface area contributed by atoms with Gasteiger partial charge in [-0.3, -0.25) is 4.79 Å². The Hall–Kier alpha value is -2.51. The van der Waals surface area contributed by atoms with Gasteiger partial charge in [-0.25, -0.2) is 9.97 Å². The van der Waals surface area contributed by atoms with E-state index >= 15 is 0 Å². The quantitative estimate of drug-likeness (QED) is 0.704. The molecule has 2 aromatic heterocycles. The molecule has 0 radical (unpaired) electrons. The predicted molar refractivity (Wildman–Crippen MR) is 97.0 cm³/mol. The molecule has 25 heavy (non-hydrogen) atoms. The third-order valence-corrected chi connectivity index (χ3v) is 4.84. The van der Waals surface area contributed by atoms with Crippen LogP contribution in [0, 0.1) is 0 Å². The second kappa shape index (κ2) is 8.04. The van der Waals surface area contributed by atoms with E-state index in [0.29, 0.717) is 13.1 Å². The van der Waals surface area contributed by atoms with E-state index in [1.54, 1.807) is 17.4 Å². The summed E-state index contributed by atoms with van der Waals surface area (Å²) in [5, 5.41) is 12.1. The predicted octanol–water partition coefficient (Wildman–Crippen LogP) is 2.11. The molecule has 0 aliphatic carbocycles. The Morgan fingerprint density at radius 3 is 2.80 bits per heavy atom. The van der Waals surface area contributed by atoms with Crippen molar-refractivity contribution in [3.8, 4) is 10.6 Å². The summed E-state index contributed by atoms with van der Waals surface area (Å²) in [6.07, 6.45) is 3.65. The second-order valence-corrected chi connectivity index (χ2v) is 6.58. The zero-order valence-electron chi connectivity index (χ0n) is 14.0. The molecule has 0 fully saturated rings. The molecule has 2 heterocycles. The van der Waals surface area contributed by atoms with Gasteiger partial charge in [0.05, 0.1) is 37.3 Å². The highest BCUT2D eigenvalue weighted by atomic mass is 32.1. The number of thiazole rings is 1. The monoisotopic (exact) mass is 356 g/mol. The SMILES string of the molecule is Cn1cncc1CN(CCO)C(=O)Cc1csc(-c2ccccc2)n1. The van der Waals surface area contributed by atoms with Gasteiger partial charge in [-0.2, -0.15) is 0 Å². The topological polar surface area (TPSA) is 71.2 Å². The van der Waals surface area contributed by atoms with Gasteiger partial charge in [-0.15, -0.1) is 11.3 Å². The highest BCUT2D eigenvalue weighted by Gasteiger charge is 2.17. The van der Waals surface area contributed by atoms with Crippen LogP contribution in [0.15, 0.2) is 48.2 Å². The summed E-state index contributed by atoms with van der Waals surface area (Å²) in [6.45, 7) is 0.640. The third kappa shape index (κ3) is 4.32. The summed E-state index contributed by atoms with van der Waals surface area (Å²) >= 11 is 1.53. The molecule has 3 rings (SSSR count). The Balaban J connectivity index is 1.69. The van der Waals surface area contributed by atoms with Crippen molar-refractivity contribution >= 4 is 17.2 Å². The number of benzene rings is 1. The summed E-state index contributed by atoms with van der Waals surface area (Å²) in [4.78, 5) is 22.9. The molecule has 3 aromatic rings. The Kier molecular flexibility index (Phi) is 5.57. The number of aromatic nitrogens is 3. The van der Waals surface area contributed by atoms with E-state index in [1.807, 2.05) is 47.3 Å². The first-order valence-corrected chi connectivity index (χ1v) is 8.89. The van der Waals surface area contributed by atoms with Gasteiger partial charge in [0.25, 0.3) is 0 Å². The number of rotatable bonds is 7. The van der Waals surface area contributed by atoms with E-state index in [9.17, 15) is 9.90 Å². The fourth-order valence-electron chi connectivity index (χ4n) is 2.51. The zero-order valence-corrected chi connectivity index (χ0v) is 14.8. The number of hydrogen-bond donors (Lipinski definition) is 1. The average Bonchev–Trinajstić information content (AvgIpc) is 3.25. The molecule has 130 valence electrons. The molecule has 1 amide bonds. The highest BCUT2D eigenvalue weighted by Crippen LogP contribution is 2.23. The zero-order chi connectivity index (χ0) is 17.6. The molecule has 0 unspecified atom stereocenters. The van der Waals surface area contributed by atoms with E-state index in [1.165, 1.54) is 11.3 Å². The van der Waals surface area contributed by atoms with E-state index in [2.05, 4.69) is 9.97 Å². The number of imidazole rings is 1. The number of amides is 1. The van der Waals surface area contributed by atoms with E-state index in [-0.39, 0.29) is 18.9 Å². The second-order valence-electron chi connectivity index (χ2n) is 5.72. The molecule has 0 spiro atoms. The molecule has 7 heteroatoms. The molecule has 6 nitrogen and oxygen atoms in total. The Morgan fingerprint density at radius 1 is 1.32 bits per heavy atom. The minimum atomic E-state index is -0.0735. The van der Waals surface area contributed by atoms with Crippen LogP contribution in [0.1, 0.15) is 11.4 Å². The molecule has 1 aromatic carbocycles. The van der Waals surface area contributed by atoms with Crippen molar-refractivity contribution in [2.75, 3.05) is 13.2 Å². The first kappa shape index (κ1) is 17.3. The van der Waals surface area contributed by atoms with Gasteiger partial charge in [0.1, 0.15) is 5.01 Å². The molecular formula is C18H20N4O2S. The maximum Gasteiger partial charge on any atom is 0.229 e. The maximum absolute atomic E-state index is 12.6. The fourth-order valence-corrected chi connectivity index (χ4v) is 3.34. The van der Waals surface area contributed by atoms with Gasteiger partial charge in [0, 0.05) is 30.7 Å². The largest absolute Gasteiger partial charge is 0.395 e. The van der Waals surface area contributed by atoms with Crippen molar-refractivity contribution in [1.82, 2.24) is 19.4 Å². The van der Waals surface area contributed by atoms with Gasteiger partial charge < -0.3 is 14.6 Å². The smallest absolute Gasteiger partial charge is 0.229 e. The van der Waals surface area contributed by atoms with Gasteiger partial charge in [-0.05, 0) is 0 Å². The van der Waals surface area contributed by atoms with Crippen molar-refractivity contribution < 1.29 is 9.90 Å². The first-order valence-electron chi connectivity index (χ1n) is 8.01. The number of nitrogens with zero attached hydrogens (tertiary/aromatic N) is 4. The molecule has 0 bridgehead atoms. The number of aliphatic hydroxyl groups is 1. The summed E-state index contributed by atoms with van der Waals surface area (Å²) in [5.41, 5.74) is 2.72. The third-order valence-electron chi connectivity index (χ3n) is 3.90. The van der Waals surface area contributed by atoms with Gasteiger partial charge in [0.15, 0.2) is 0 Å². The number of carbonyl (C=O) groups excluding carboxylic acids is 1. The maximum atomic E-state index is 12.6. The molecule has 1 N–H and O–H groups in total. The Labute approximate surface area is 150 Å². The van der Waals surface area contributed by atoms with Crippen LogP contribution in [-0.4, -0.2) is 43.6 Å². The average molecular weight is 356 g/mol. The van der Waals surface area contributed by atoms with E-state index in [4.69, 9.17) is 0 Å². The van der Waals surface area contributed by atoms with Crippen LogP contribution in [0.3, 0.4) is 0 Å². The molecule has 0 atom stereocenters. The highest BCUT2D eigenvalue weighted by molar-refractivity contribution is 7.13. The molecular weight excluding hydrogens is 336 g/mol. The summed E-state index contributed by atoms with van der Waals surface area (Å²) in [6, 6.07) is 9.92. The summed E-state index contributed by atoms with van der Waals surface area (Å²) < 4.78 is 1.87. The number of aryl methyl sites for hydroxylation is 1. The lowest BCUT2D eigenvalue weighted by atomic mass is 10.2. The molecule has 0 saturated heterocycles.